The normalized spacial score (nSPS) is 14.2. The topological polar surface area (TPSA) is 3.24 Å². The number of rotatable bonds is 9. The van der Waals surface area contributed by atoms with E-state index in [4.69, 9.17) is 0 Å². The molecule has 11 rings (SSSR count). The first kappa shape index (κ1) is 38.7. The second-order valence-corrected chi connectivity index (χ2v) is 17.5. The van der Waals surface area contributed by atoms with Crippen molar-refractivity contribution in [2.24, 2.45) is 0 Å². The monoisotopic (exact) mass is 809 g/mol. The smallest absolute Gasteiger partial charge is 0.0714 e. The molecule has 63 heavy (non-hydrogen) atoms. The molecule has 2 aliphatic rings. The van der Waals surface area contributed by atoms with Crippen molar-refractivity contribution in [2.75, 3.05) is 4.90 Å². The molecule has 0 saturated heterocycles. The van der Waals surface area contributed by atoms with Gasteiger partial charge in [-0.3, -0.25) is 0 Å². The number of nitrogens with zero attached hydrogens (tertiary/aromatic N) is 1. The zero-order valence-electron chi connectivity index (χ0n) is 35.9. The van der Waals surface area contributed by atoms with Crippen LogP contribution < -0.4 is 4.90 Å². The minimum atomic E-state index is -0.491. The molecule has 0 atom stereocenters. The predicted octanol–water partition coefficient (Wildman–Crippen LogP) is 16.9. The van der Waals surface area contributed by atoms with Gasteiger partial charge in [0.25, 0.3) is 0 Å². The van der Waals surface area contributed by atoms with E-state index >= 15 is 0 Å². The minimum Gasteiger partial charge on any atom is -0.310 e. The molecule has 1 heteroatoms. The van der Waals surface area contributed by atoms with E-state index in [1.807, 2.05) is 0 Å². The van der Waals surface area contributed by atoms with E-state index in [1.165, 1.54) is 110 Å². The third-order valence-electron chi connectivity index (χ3n) is 13.9. The summed E-state index contributed by atoms with van der Waals surface area (Å²) in [7, 11) is 0. The Morgan fingerprint density at radius 2 is 0.873 bits per heavy atom. The summed E-state index contributed by atoms with van der Waals surface area (Å²) in [6.07, 6.45) is 6.58. The molecular formula is C62H51N. The standard InChI is InChI=1S/C62H51N/c1-44-19-18-32-59-61(44)58-42-41-53(43-60(58)62(59,49-24-10-4-11-25-49)50-26-12-5-13-27-50)63(51-37-33-46(34-38-51)45-20-6-2-7-21-45)52-39-35-48(36-40-52)55-29-15-17-31-57(55)56-30-16-14-28-54(56)47-22-8-3-9-23-47/h3-5,8-19,22-43,45H,2,6-7,20-21H2,1H3. The lowest BCUT2D eigenvalue weighted by atomic mass is 9.67. The molecule has 9 aromatic carbocycles. The van der Waals surface area contributed by atoms with Gasteiger partial charge in [-0.1, -0.05) is 207 Å². The van der Waals surface area contributed by atoms with Crippen LogP contribution in [0, 0.1) is 6.92 Å². The van der Waals surface area contributed by atoms with Crippen LogP contribution in [-0.2, 0) is 5.41 Å². The van der Waals surface area contributed by atoms with Crippen LogP contribution in [0.1, 0.15) is 71.4 Å². The predicted molar refractivity (Wildman–Crippen MR) is 265 cm³/mol. The van der Waals surface area contributed by atoms with Gasteiger partial charge in [0, 0.05) is 17.1 Å². The molecule has 2 aliphatic carbocycles. The zero-order chi connectivity index (χ0) is 42.2. The highest BCUT2D eigenvalue weighted by atomic mass is 15.1. The fourth-order valence-corrected chi connectivity index (χ4v) is 11.0. The molecule has 0 aliphatic heterocycles. The van der Waals surface area contributed by atoms with E-state index < -0.39 is 5.41 Å². The summed E-state index contributed by atoms with van der Waals surface area (Å²) in [4.78, 5) is 2.47. The first-order chi connectivity index (χ1) is 31.2. The molecule has 0 heterocycles. The Balaban J connectivity index is 1.07. The maximum absolute atomic E-state index is 2.49. The molecule has 0 unspecified atom stereocenters. The SMILES string of the molecule is Cc1cccc2c1-c1ccc(N(c3ccc(-c4ccccc4-c4ccccc4-c4ccccc4)cc3)c3ccc(C4CCCCC4)cc3)cc1C2(c1ccccc1)c1ccccc1. The average Bonchev–Trinajstić information content (AvgIpc) is 3.67. The van der Waals surface area contributed by atoms with Crippen LogP contribution in [0.15, 0.2) is 224 Å². The third-order valence-corrected chi connectivity index (χ3v) is 13.9. The zero-order valence-corrected chi connectivity index (χ0v) is 35.9. The van der Waals surface area contributed by atoms with Gasteiger partial charge in [-0.25, -0.2) is 0 Å². The van der Waals surface area contributed by atoms with Crippen LogP contribution in [0.3, 0.4) is 0 Å². The second-order valence-electron chi connectivity index (χ2n) is 17.5. The summed E-state index contributed by atoms with van der Waals surface area (Å²) < 4.78 is 0. The fourth-order valence-electron chi connectivity index (χ4n) is 11.0. The Hall–Kier alpha value is -7.22. The van der Waals surface area contributed by atoms with Gasteiger partial charge in [0.15, 0.2) is 0 Å². The summed E-state index contributed by atoms with van der Waals surface area (Å²) in [6.45, 7) is 2.27. The van der Waals surface area contributed by atoms with Crippen LogP contribution in [0.2, 0.25) is 0 Å². The average molecular weight is 810 g/mol. The first-order valence-corrected chi connectivity index (χ1v) is 22.8. The lowest BCUT2D eigenvalue weighted by Crippen LogP contribution is -2.28. The highest BCUT2D eigenvalue weighted by Crippen LogP contribution is 2.58. The fraction of sp³-hybridized carbons (Fsp3) is 0.129. The minimum absolute atomic E-state index is 0.491. The lowest BCUT2D eigenvalue weighted by Gasteiger charge is -2.35. The highest BCUT2D eigenvalue weighted by Gasteiger charge is 2.47. The molecule has 1 fully saturated rings. The highest BCUT2D eigenvalue weighted by molar-refractivity contribution is 5.93. The quantitative estimate of drug-likeness (QED) is 0.140. The number of hydrogen-bond donors (Lipinski definition) is 0. The van der Waals surface area contributed by atoms with Crippen LogP contribution in [0.4, 0.5) is 17.1 Å². The maximum atomic E-state index is 2.49. The molecule has 0 N–H and O–H groups in total. The van der Waals surface area contributed by atoms with Crippen molar-refractivity contribution < 1.29 is 0 Å². The molecule has 0 amide bonds. The van der Waals surface area contributed by atoms with Crippen LogP contribution in [0.25, 0.3) is 44.5 Å². The first-order valence-electron chi connectivity index (χ1n) is 22.8. The Labute approximate surface area is 373 Å². The molecule has 0 spiro atoms. The van der Waals surface area contributed by atoms with Gasteiger partial charge in [-0.2, -0.15) is 0 Å². The number of aryl methyl sites for hydroxylation is 1. The number of anilines is 3. The lowest BCUT2D eigenvalue weighted by molar-refractivity contribution is 0.443. The summed E-state index contributed by atoms with van der Waals surface area (Å²) >= 11 is 0. The van der Waals surface area contributed by atoms with Gasteiger partial charge in [0.1, 0.15) is 0 Å². The Kier molecular flexibility index (Phi) is 10.2. The Morgan fingerprint density at radius 3 is 1.46 bits per heavy atom. The van der Waals surface area contributed by atoms with Gasteiger partial charge in [-0.05, 0) is 140 Å². The number of fused-ring (bicyclic) bond motifs is 3. The molecule has 304 valence electrons. The molecule has 1 nitrogen and oxygen atoms in total. The largest absolute Gasteiger partial charge is 0.310 e. The van der Waals surface area contributed by atoms with Crippen molar-refractivity contribution >= 4 is 17.1 Å². The van der Waals surface area contributed by atoms with E-state index in [0.29, 0.717) is 5.92 Å². The molecule has 1 saturated carbocycles. The van der Waals surface area contributed by atoms with E-state index in [0.717, 1.165) is 17.1 Å². The van der Waals surface area contributed by atoms with Crippen molar-refractivity contribution in [3.8, 4) is 44.5 Å². The van der Waals surface area contributed by atoms with Crippen molar-refractivity contribution in [1.82, 2.24) is 0 Å². The van der Waals surface area contributed by atoms with E-state index in [-0.39, 0.29) is 0 Å². The second kappa shape index (κ2) is 16.6. The van der Waals surface area contributed by atoms with Gasteiger partial charge >= 0.3 is 0 Å². The summed E-state index contributed by atoms with van der Waals surface area (Å²) in [5.41, 5.74) is 20.9. The van der Waals surface area contributed by atoms with E-state index in [9.17, 15) is 0 Å². The van der Waals surface area contributed by atoms with Crippen LogP contribution in [-0.4, -0.2) is 0 Å². The van der Waals surface area contributed by atoms with E-state index in [1.54, 1.807) is 0 Å². The van der Waals surface area contributed by atoms with Crippen LogP contribution >= 0.6 is 0 Å². The number of hydrogen-bond acceptors (Lipinski definition) is 1. The maximum Gasteiger partial charge on any atom is 0.0714 e. The summed E-state index contributed by atoms with van der Waals surface area (Å²) in [5.74, 6) is 0.645. The summed E-state index contributed by atoms with van der Waals surface area (Å²) in [6, 6.07) is 83.6. The van der Waals surface area contributed by atoms with Crippen molar-refractivity contribution in [3.05, 3.63) is 258 Å². The van der Waals surface area contributed by atoms with Crippen molar-refractivity contribution in [1.29, 1.82) is 0 Å². The molecule has 0 aromatic heterocycles. The summed E-state index contributed by atoms with van der Waals surface area (Å²) in [5, 5.41) is 0. The van der Waals surface area contributed by atoms with Crippen molar-refractivity contribution in [2.45, 2.75) is 50.4 Å². The Morgan fingerprint density at radius 1 is 0.381 bits per heavy atom. The molecule has 9 aromatic rings. The molecule has 0 bridgehead atoms. The van der Waals surface area contributed by atoms with Gasteiger partial charge in [0.05, 0.1) is 5.41 Å². The third kappa shape index (κ3) is 6.80. The van der Waals surface area contributed by atoms with Gasteiger partial charge in [0.2, 0.25) is 0 Å². The molecular weight excluding hydrogens is 759 g/mol. The van der Waals surface area contributed by atoms with Crippen molar-refractivity contribution in [3.63, 3.8) is 0 Å². The number of benzene rings is 9. The van der Waals surface area contributed by atoms with Gasteiger partial charge < -0.3 is 4.90 Å². The molecule has 0 radical (unpaired) electrons. The van der Waals surface area contributed by atoms with E-state index in [2.05, 4.69) is 236 Å². The van der Waals surface area contributed by atoms with Crippen LogP contribution in [0.5, 0.6) is 0 Å². The van der Waals surface area contributed by atoms with Gasteiger partial charge in [-0.15, -0.1) is 0 Å². The Bertz CT molecular complexity index is 2970.